The van der Waals surface area contributed by atoms with E-state index < -0.39 is 0 Å². The molecule has 3 aromatic rings. The van der Waals surface area contributed by atoms with Crippen LogP contribution in [0, 0.1) is 6.92 Å². The Morgan fingerprint density at radius 3 is 2.48 bits per heavy atom. The number of hydrogen-bond donors (Lipinski definition) is 0. The molecule has 0 N–H and O–H groups in total. The molecule has 1 aromatic heterocycles. The lowest BCUT2D eigenvalue weighted by molar-refractivity contribution is 0.953. The van der Waals surface area contributed by atoms with Gasteiger partial charge in [-0.1, -0.05) is 35.9 Å². The van der Waals surface area contributed by atoms with Gasteiger partial charge in [0.1, 0.15) is 0 Å². The highest BCUT2D eigenvalue weighted by molar-refractivity contribution is 6.33. The van der Waals surface area contributed by atoms with E-state index in [1.807, 2.05) is 60.0 Å². The van der Waals surface area contributed by atoms with Crippen LogP contribution in [-0.2, 0) is 5.88 Å². The minimum atomic E-state index is 0.283. The lowest BCUT2D eigenvalue weighted by atomic mass is 10.1. The Kier molecular flexibility index (Phi) is 3.95. The Hall–Kier alpha value is -1.84. The quantitative estimate of drug-likeness (QED) is 0.659. The fourth-order valence-electron chi connectivity index (χ4n) is 2.23. The first-order valence-electron chi connectivity index (χ1n) is 6.53. The van der Waals surface area contributed by atoms with Crippen molar-refractivity contribution in [2.24, 2.45) is 0 Å². The molecule has 0 atom stereocenters. The van der Waals surface area contributed by atoms with Gasteiger partial charge in [0.2, 0.25) is 0 Å². The van der Waals surface area contributed by atoms with Crippen LogP contribution in [0.25, 0.3) is 17.1 Å². The third-order valence-electron chi connectivity index (χ3n) is 3.23. The minimum absolute atomic E-state index is 0.283. The van der Waals surface area contributed by atoms with E-state index in [1.165, 1.54) is 0 Å². The molecule has 0 saturated carbocycles. The van der Waals surface area contributed by atoms with Gasteiger partial charge in [-0.25, -0.2) is 0 Å². The van der Waals surface area contributed by atoms with Crippen LogP contribution in [-0.4, -0.2) is 14.8 Å². The predicted molar refractivity (Wildman–Crippen MR) is 86.1 cm³/mol. The molecule has 0 amide bonds. The molecule has 0 bridgehead atoms. The van der Waals surface area contributed by atoms with Crippen molar-refractivity contribution in [2.45, 2.75) is 12.8 Å². The maximum Gasteiger partial charge on any atom is 0.170 e. The number of halogens is 2. The van der Waals surface area contributed by atoms with Gasteiger partial charge in [0.15, 0.2) is 11.6 Å². The van der Waals surface area contributed by atoms with Gasteiger partial charge in [-0.15, -0.1) is 21.8 Å². The van der Waals surface area contributed by atoms with Crippen LogP contribution >= 0.6 is 23.2 Å². The molecule has 106 valence electrons. The molecule has 0 fully saturated rings. The third-order valence-corrected chi connectivity index (χ3v) is 3.78. The maximum absolute atomic E-state index is 6.36. The molecule has 0 spiro atoms. The Morgan fingerprint density at radius 2 is 1.81 bits per heavy atom. The van der Waals surface area contributed by atoms with Crippen molar-refractivity contribution in [3.63, 3.8) is 0 Å². The summed E-state index contributed by atoms with van der Waals surface area (Å²) in [5.74, 6) is 1.67. The van der Waals surface area contributed by atoms with Gasteiger partial charge < -0.3 is 0 Å². The van der Waals surface area contributed by atoms with Crippen molar-refractivity contribution in [1.29, 1.82) is 0 Å². The fourth-order valence-corrected chi connectivity index (χ4v) is 2.72. The van der Waals surface area contributed by atoms with Crippen LogP contribution in [0.4, 0.5) is 0 Å². The summed E-state index contributed by atoms with van der Waals surface area (Å²) in [4.78, 5) is 0. The molecule has 1 heterocycles. The van der Waals surface area contributed by atoms with E-state index in [-0.39, 0.29) is 5.88 Å². The highest BCUT2D eigenvalue weighted by atomic mass is 35.5. The molecule has 21 heavy (non-hydrogen) atoms. The summed E-state index contributed by atoms with van der Waals surface area (Å²) >= 11 is 12.4. The third kappa shape index (κ3) is 2.67. The standard InChI is InChI=1S/C16H13Cl2N3/c1-11-7-8-13(14(18)9-11)16-20-19-15(10-17)21(16)12-5-3-2-4-6-12/h2-9H,10H2,1H3. The molecule has 0 unspecified atom stereocenters. The summed E-state index contributed by atoms with van der Waals surface area (Å²) in [6.45, 7) is 2.00. The average molecular weight is 318 g/mol. The Bertz CT molecular complexity index is 766. The second-order valence-electron chi connectivity index (χ2n) is 4.73. The Morgan fingerprint density at radius 1 is 1.05 bits per heavy atom. The highest BCUT2D eigenvalue weighted by Crippen LogP contribution is 2.30. The van der Waals surface area contributed by atoms with Crippen molar-refractivity contribution in [3.05, 3.63) is 64.9 Å². The van der Waals surface area contributed by atoms with E-state index in [4.69, 9.17) is 23.2 Å². The number of aryl methyl sites for hydroxylation is 1. The summed E-state index contributed by atoms with van der Waals surface area (Å²) in [5, 5.41) is 9.09. The summed E-state index contributed by atoms with van der Waals surface area (Å²) < 4.78 is 1.93. The first-order valence-corrected chi connectivity index (χ1v) is 7.44. The zero-order chi connectivity index (χ0) is 14.8. The van der Waals surface area contributed by atoms with Crippen LogP contribution in [0.15, 0.2) is 48.5 Å². The molecule has 0 saturated heterocycles. The molecular formula is C16H13Cl2N3. The monoisotopic (exact) mass is 317 g/mol. The zero-order valence-electron chi connectivity index (χ0n) is 11.4. The Balaban J connectivity index is 2.22. The molecule has 5 heteroatoms. The molecule has 0 aliphatic heterocycles. The number of rotatable bonds is 3. The molecule has 0 radical (unpaired) electrons. The van der Waals surface area contributed by atoms with E-state index in [9.17, 15) is 0 Å². The number of aromatic nitrogens is 3. The molecule has 3 rings (SSSR count). The van der Waals surface area contributed by atoms with Crippen LogP contribution in [0.1, 0.15) is 11.4 Å². The van der Waals surface area contributed by atoms with E-state index in [2.05, 4.69) is 10.2 Å². The fraction of sp³-hybridized carbons (Fsp3) is 0.125. The van der Waals surface area contributed by atoms with Gasteiger partial charge in [-0.05, 0) is 36.8 Å². The number of alkyl halides is 1. The lowest BCUT2D eigenvalue weighted by Crippen LogP contribution is -2.01. The highest BCUT2D eigenvalue weighted by Gasteiger charge is 2.16. The summed E-state index contributed by atoms with van der Waals surface area (Å²) in [6, 6.07) is 15.8. The van der Waals surface area contributed by atoms with Gasteiger partial charge in [-0.3, -0.25) is 4.57 Å². The van der Waals surface area contributed by atoms with E-state index in [1.54, 1.807) is 0 Å². The predicted octanol–water partition coefficient (Wildman–Crippen LogP) is 4.63. The van der Waals surface area contributed by atoms with Crippen LogP contribution < -0.4 is 0 Å². The van der Waals surface area contributed by atoms with Crippen molar-refractivity contribution in [1.82, 2.24) is 14.8 Å². The second kappa shape index (κ2) is 5.88. The SMILES string of the molecule is Cc1ccc(-c2nnc(CCl)n2-c2ccccc2)c(Cl)c1. The van der Waals surface area contributed by atoms with Crippen LogP contribution in [0.2, 0.25) is 5.02 Å². The topological polar surface area (TPSA) is 30.7 Å². The van der Waals surface area contributed by atoms with E-state index in [0.717, 1.165) is 16.8 Å². The first-order chi connectivity index (χ1) is 10.2. The number of benzene rings is 2. The normalized spacial score (nSPS) is 10.8. The second-order valence-corrected chi connectivity index (χ2v) is 5.40. The average Bonchev–Trinajstić information content (AvgIpc) is 2.92. The molecular weight excluding hydrogens is 305 g/mol. The van der Waals surface area contributed by atoms with Crippen molar-refractivity contribution >= 4 is 23.2 Å². The molecule has 0 aliphatic carbocycles. The molecule has 0 aliphatic rings. The van der Waals surface area contributed by atoms with Crippen LogP contribution in [0.5, 0.6) is 0 Å². The lowest BCUT2D eigenvalue weighted by Gasteiger charge is -2.10. The Labute approximate surface area is 133 Å². The van der Waals surface area contributed by atoms with E-state index in [0.29, 0.717) is 16.7 Å². The van der Waals surface area contributed by atoms with Gasteiger partial charge in [0, 0.05) is 11.3 Å². The molecule has 2 aromatic carbocycles. The first kappa shape index (κ1) is 14.1. The largest absolute Gasteiger partial charge is 0.278 e. The molecule has 3 nitrogen and oxygen atoms in total. The van der Waals surface area contributed by atoms with Crippen molar-refractivity contribution in [2.75, 3.05) is 0 Å². The van der Waals surface area contributed by atoms with Crippen molar-refractivity contribution < 1.29 is 0 Å². The summed E-state index contributed by atoms with van der Waals surface area (Å²) in [5.41, 5.74) is 2.91. The summed E-state index contributed by atoms with van der Waals surface area (Å²) in [6.07, 6.45) is 0. The van der Waals surface area contributed by atoms with Gasteiger partial charge in [0.05, 0.1) is 10.9 Å². The van der Waals surface area contributed by atoms with Crippen molar-refractivity contribution in [3.8, 4) is 17.1 Å². The zero-order valence-corrected chi connectivity index (χ0v) is 12.9. The number of nitrogens with zero attached hydrogens (tertiary/aromatic N) is 3. The van der Waals surface area contributed by atoms with Gasteiger partial charge in [0.25, 0.3) is 0 Å². The summed E-state index contributed by atoms with van der Waals surface area (Å²) in [7, 11) is 0. The number of para-hydroxylation sites is 1. The smallest absolute Gasteiger partial charge is 0.170 e. The minimum Gasteiger partial charge on any atom is -0.278 e. The van der Waals surface area contributed by atoms with Gasteiger partial charge in [-0.2, -0.15) is 0 Å². The van der Waals surface area contributed by atoms with Gasteiger partial charge >= 0.3 is 0 Å². The maximum atomic E-state index is 6.36. The van der Waals surface area contributed by atoms with E-state index >= 15 is 0 Å². The van der Waals surface area contributed by atoms with Crippen LogP contribution in [0.3, 0.4) is 0 Å². The number of hydrogen-bond acceptors (Lipinski definition) is 2.